The Hall–Kier alpha value is -1.13. The maximum atomic E-state index is 12.9. The van der Waals surface area contributed by atoms with E-state index in [0.717, 1.165) is 15.6 Å². The zero-order chi connectivity index (χ0) is 11.5. The number of halogens is 2. The van der Waals surface area contributed by atoms with Gasteiger partial charge in [0.2, 0.25) is 0 Å². The van der Waals surface area contributed by atoms with Crippen LogP contribution in [-0.4, -0.2) is 4.98 Å². The van der Waals surface area contributed by atoms with Crippen molar-refractivity contribution < 1.29 is 4.39 Å². The molecule has 0 aliphatic rings. The van der Waals surface area contributed by atoms with Crippen molar-refractivity contribution in [3.05, 3.63) is 45.7 Å². The van der Waals surface area contributed by atoms with E-state index in [9.17, 15) is 4.39 Å². The van der Waals surface area contributed by atoms with Crippen molar-refractivity contribution in [2.45, 2.75) is 13.5 Å². The normalized spacial score (nSPS) is 10.4. The molecule has 0 radical (unpaired) electrons. The van der Waals surface area contributed by atoms with Crippen LogP contribution in [0.5, 0.6) is 0 Å². The SMILES string of the molecule is Cc1cnc(NCc2ccc(F)c(Cl)c2)s1. The Morgan fingerprint density at radius 2 is 2.31 bits per heavy atom. The number of benzene rings is 1. The molecule has 2 rings (SSSR count). The largest absolute Gasteiger partial charge is 0.357 e. The number of thiazole rings is 1. The highest BCUT2D eigenvalue weighted by atomic mass is 35.5. The van der Waals surface area contributed by atoms with Crippen LogP contribution in [0.4, 0.5) is 9.52 Å². The molecule has 0 bridgehead atoms. The second kappa shape index (κ2) is 4.80. The minimum atomic E-state index is -0.393. The lowest BCUT2D eigenvalue weighted by Crippen LogP contribution is -1.98. The highest BCUT2D eigenvalue weighted by Crippen LogP contribution is 2.19. The average molecular weight is 257 g/mol. The summed E-state index contributed by atoms with van der Waals surface area (Å²) >= 11 is 7.27. The van der Waals surface area contributed by atoms with Gasteiger partial charge >= 0.3 is 0 Å². The van der Waals surface area contributed by atoms with Crippen LogP contribution in [-0.2, 0) is 6.54 Å². The fraction of sp³-hybridized carbons (Fsp3) is 0.182. The van der Waals surface area contributed by atoms with Gasteiger partial charge in [0.15, 0.2) is 5.13 Å². The smallest absolute Gasteiger partial charge is 0.183 e. The first kappa shape index (κ1) is 11.4. The summed E-state index contributed by atoms with van der Waals surface area (Å²) in [4.78, 5) is 5.32. The molecule has 5 heteroatoms. The summed E-state index contributed by atoms with van der Waals surface area (Å²) in [5.41, 5.74) is 0.930. The minimum absolute atomic E-state index is 0.148. The number of anilines is 1. The Morgan fingerprint density at radius 1 is 1.50 bits per heavy atom. The third-order valence-electron chi connectivity index (χ3n) is 2.05. The van der Waals surface area contributed by atoms with Gasteiger partial charge in [-0.2, -0.15) is 0 Å². The number of nitrogens with one attached hydrogen (secondary N) is 1. The molecule has 0 aliphatic carbocycles. The molecule has 0 saturated heterocycles. The van der Waals surface area contributed by atoms with Crippen LogP contribution in [0.2, 0.25) is 5.02 Å². The lowest BCUT2D eigenvalue weighted by atomic mass is 10.2. The summed E-state index contributed by atoms with van der Waals surface area (Å²) in [5, 5.41) is 4.16. The van der Waals surface area contributed by atoms with Crippen LogP contribution in [0.15, 0.2) is 24.4 Å². The summed E-state index contributed by atoms with van der Waals surface area (Å²) in [7, 11) is 0. The molecular weight excluding hydrogens is 247 g/mol. The monoisotopic (exact) mass is 256 g/mol. The lowest BCUT2D eigenvalue weighted by molar-refractivity contribution is 0.627. The summed E-state index contributed by atoms with van der Waals surface area (Å²) in [6.45, 7) is 2.59. The first-order chi connectivity index (χ1) is 7.65. The van der Waals surface area contributed by atoms with E-state index in [4.69, 9.17) is 11.6 Å². The third kappa shape index (κ3) is 2.71. The maximum Gasteiger partial charge on any atom is 0.183 e. The molecule has 2 nitrogen and oxygen atoms in total. The summed E-state index contributed by atoms with van der Waals surface area (Å²) in [6.07, 6.45) is 1.81. The number of aryl methyl sites for hydroxylation is 1. The van der Waals surface area contributed by atoms with Crippen molar-refractivity contribution in [1.29, 1.82) is 0 Å². The van der Waals surface area contributed by atoms with Crippen molar-refractivity contribution in [3.8, 4) is 0 Å². The Labute approximate surface area is 102 Å². The van der Waals surface area contributed by atoms with Crippen molar-refractivity contribution in [2.75, 3.05) is 5.32 Å². The van der Waals surface area contributed by atoms with Gasteiger partial charge in [-0.15, -0.1) is 11.3 Å². The average Bonchev–Trinajstić information content (AvgIpc) is 2.66. The zero-order valence-electron chi connectivity index (χ0n) is 8.63. The Balaban J connectivity index is 2.02. The molecule has 0 spiro atoms. The van der Waals surface area contributed by atoms with E-state index >= 15 is 0 Å². The van der Waals surface area contributed by atoms with Crippen LogP contribution in [0, 0.1) is 12.7 Å². The molecule has 16 heavy (non-hydrogen) atoms. The fourth-order valence-electron chi connectivity index (χ4n) is 1.26. The highest BCUT2D eigenvalue weighted by Gasteiger charge is 2.02. The van der Waals surface area contributed by atoms with Gasteiger partial charge in [0.25, 0.3) is 0 Å². The van der Waals surface area contributed by atoms with Gasteiger partial charge in [-0.3, -0.25) is 0 Å². The molecule has 84 valence electrons. The van der Waals surface area contributed by atoms with E-state index in [2.05, 4.69) is 10.3 Å². The Bertz CT molecular complexity index is 498. The van der Waals surface area contributed by atoms with Gasteiger partial charge < -0.3 is 5.32 Å². The van der Waals surface area contributed by atoms with Gasteiger partial charge in [-0.25, -0.2) is 9.37 Å². The van der Waals surface area contributed by atoms with Crippen LogP contribution >= 0.6 is 22.9 Å². The van der Waals surface area contributed by atoms with E-state index in [0.29, 0.717) is 6.54 Å². The topological polar surface area (TPSA) is 24.9 Å². The van der Waals surface area contributed by atoms with E-state index < -0.39 is 5.82 Å². The van der Waals surface area contributed by atoms with Crippen LogP contribution in [0.25, 0.3) is 0 Å². The first-order valence-electron chi connectivity index (χ1n) is 4.75. The number of hydrogen-bond donors (Lipinski definition) is 1. The molecule has 1 N–H and O–H groups in total. The second-order valence-corrected chi connectivity index (χ2v) is 5.02. The molecule has 0 fully saturated rings. The minimum Gasteiger partial charge on any atom is -0.357 e. The standard InChI is InChI=1S/C11H10ClFN2S/c1-7-5-14-11(16-7)15-6-8-2-3-10(13)9(12)4-8/h2-5H,6H2,1H3,(H,14,15). The predicted molar refractivity (Wildman–Crippen MR) is 65.6 cm³/mol. The molecule has 1 heterocycles. The van der Waals surface area contributed by atoms with E-state index in [-0.39, 0.29) is 5.02 Å². The van der Waals surface area contributed by atoms with Gasteiger partial charge in [-0.05, 0) is 24.6 Å². The van der Waals surface area contributed by atoms with Crippen LogP contribution in [0.1, 0.15) is 10.4 Å². The number of aromatic nitrogens is 1. The van der Waals surface area contributed by atoms with Crippen LogP contribution < -0.4 is 5.32 Å². The lowest BCUT2D eigenvalue weighted by Gasteiger charge is -2.03. The van der Waals surface area contributed by atoms with Gasteiger partial charge in [0, 0.05) is 17.6 Å². The van der Waals surface area contributed by atoms with Gasteiger partial charge in [0.1, 0.15) is 5.82 Å². The van der Waals surface area contributed by atoms with Crippen LogP contribution in [0.3, 0.4) is 0 Å². The third-order valence-corrected chi connectivity index (χ3v) is 3.21. The molecule has 0 aliphatic heterocycles. The van der Waals surface area contributed by atoms with Gasteiger partial charge in [0.05, 0.1) is 5.02 Å². The predicted octanol–water partition coefficient (Wildman–Crippen LogP) is 3.86. The molecule has 0 amide bonds. The molecule has 0 atom stereocenters. The molecule has 1 aromatic carbocycles. The molecular formula is C11H10ClFN2S. The number of hydrogen-bond acceptors (Lipinski definition) is 3. The fourth-order valence-corrected chi connectivity index (χ4v) is 2.13. The van der Waals surface area contributed by atoms with Crippen molar-refractivity contribution >= 4 is 28.1 Å². The number of rotatable bonds is 3. The summed E-state index contributed by atoms with van der Waals surface area (Å²) in [5.74, 6) is -0.393. The van der Waals surface area contributed by atoms with Crippen molar-refractivity contribution in [2.24, 2.45) is 0 Å². The van der Waals surface area contributed by atoms with Crippen molar-refractivity contribution in [1.82, 2.24) is 4.98 Å². The van der Waals surface area contributed by atoms with E-state index in [1.165, 1.54) is 6.07 Å². The first-order valence-corrected chi connectivity index (χ1v) is 5.95. The number of nitrogens with zero attached hydrogens (tertiary/aromatic N) is 1. The van der Waals surface area contributed by atoms with E-state index in [1.54, 1.807) is 23.5 Å². The summed E-state index contributed by atoms with van der Waals surface area (Å²) in [6, 6.07) is 4.69. The molecule has 0 saturated carbocycles. The van der Waals surface area contributed by atoms with Gasteiger partial charge in [-0.1, -0.05) is 17.7 Å². The quantitative estimate of drug-likeness (QED) is 0.902. The summed E-state index contributed by atoms with van der Waals surface area (Å²) < 4.78 is 12.9. The maximum absolute atomic E-state index is 12.9. The van der Waals surface area contributed by atoms with Crippen molar-refractivity contribution in [3.63, 3.8) is 0 Å². The molecule has 1 aromatic heterocycles. The molecule has 2 aromatic rings. The zero-order valence-corrected chi connectivity index (χ0v) is 10.2. The highest BCUT2D eigenvalue weighted by molar-refractivity contribution is 7.15. The second-order valence-electron chi connectivity index (χ2n) is 3.38. The Kier molecular flexibility index (Phi) is 3.41. The van der Waals surface area contributed by atoms with E-state index in [1.807, 2.05) is 13.1 Å². The molecule has 0 unspecified atom stereocenters. The Morgan fingerprint density at radius 3 is 2.94 bits per heavy atom.